The summed E-state index contributed by atoms with van der Waals surface area (Å²) in [6.45, 7) is 4.58. The van der Waals surface area contributed by atoms with E-state index in [9.17, 15) is 13.5 Å². The summed E-state index contributed by atoms with van der Waals surface area (Å²) in [5.41, 5.74) is 2.24. The van der Waals surface area contributed by atoms with Crippen LogP contribution in [0.3, 0.4) is 0 Å². The molecule has 0 spiro atoms. The number of nitrogens with one attached hydrogen (secondary N) is 1. The van der Waals surface area contributed by atoms with Crippen LogP contribution < -0.4 is 4.72 Å². The van der Waals surface area contributed by atoms with Crippen LogP contribution >= 0.6 is 0 Å². The molecule has 4 nitrogen and oxygen atoms in total. The minimum Gasteiger partial charge on any atom is -0.396 e. The van der Waals surface area contributed by atoms with E-state index in [4.69, 9.17) is 0 Å². The first-order valence-corrected chi connectivity index (χ1v) is 10.2. The number of benzene rings is 2. The molecule has 25 heavy (non-hydrogen) atoms. The number of rotatable bonds is 9. The highest BCUT2D eigenvalue weighted by Gasteiger charge is 2.16. The molecule has 0 radical (unpaired) electrons. The van der Waals surface area contributed by atoms with Crippen LogP contribution in [0.15, 0.2) is 59.5 Å². The lowest BCUT2D eigenvalue weighted by Gasteiger charge is -2.17. The summed E-state index contributed by atoms with van der Waals surface area (Å²) in [5.74, 6) is 0.507. The van der Waals surface area contributed by atoms with Gasteiger partial charge >= 0.3 is 0 Å². The topological polar surface area (TPSA) is 66.4 Å². The summed E-state index contributed by atoms with van der Waals surface area (Å²) in [4.78, 5) is 0.287. The minimum absolute atomic E-state index is 0.0863. The maximum absolute atomic E-state index is 12.4. The molecule has 1 unspecified atom stereocenters. The number of sulfonamides is 1. The predicted molar refractivity (Wildman–Crippen MR) is 101 cm³/mol. The van der Waals surface area contributed by atoms with Crippen LogP contribution in [0, 0.1) is 0 Å². The lowest BCUT2D eigenvalue weighted by atomic mass is 9.93. The zero-order chi connectivity index (χ0) is 18.3. The molecule has 2 N–H and O–H groups in total. The monoisotopic (exact) mass is 361 g/mol. The van der Waals surface area contributed by atoms with Crippen molar-refractivity contribution in [3.63, 3.8) is 0 Å². The van der Waals surface area contributed by atoms with E-state index < -0.39 is 10.0 Å². The van der Waals surface area contributed by atoms with Gasteiger partial charge in [0, 0.05) is 13.2 Å². The van der Waals surface area contributed by atoms with Gasteiger partial charge in [0.2, 0.25) is 10.0 Å². The van der Waals surface area contributed by atoms with E-state index in [1.807, 2.05) is 42.5 Å². The van der Waals surface area contributed by atoms with Crippen molar-refractivity contribution in [1.29, 1.82) is 0 Å². The molecule has 136 valence electrons. The molecule has 5 heteroatoms. The van der Waals surface area contributed by atoms with Crippen molar-refractivity contribution in [3.8, 4) is 0 Å². The number of aliphatic hydroxyl groups is 1. The molecule has 0 aromatic heterocycles. The van der Waals surface area contributed by atoms with Crippen LogP contribution in [0.2, 0.25) is 0 Å². The molecule has 2 aromatic carbocycles. The van der Waals surface area contributed by atoms with E-state index >= 15 is 0 Å². The van der Waals surface area contributed by atoms with E-state index in [1.165, 1.54) is 0 Å². The van der Waals surface area contributed by atoms with Crippen LogP contribution in [-0.4, -0.2) is 26.7 Å². The van der Waals surface area contributed by atoms with Gasteiger partial charge in [-0.2, -0.15) is 0 Å². The van der Waals surface area contributed by atoms with Gasteiger partial charge in [0.1, 0.15) is 0 Å². The fourth-order valence-corrected chi connectivity index (χ4v) is 3.89. The Kier molecular flexibility index (Phi) is 7.17. The molecule has 0 aliphatic carbocycles. The van der Waals surface area contributed by atoms with Crippen molar-refractivity contribution in [3.05, 3.63) is 65.7 Å². The van der Waals surface area contributed by atoms with Crippen molar-refractivity contribution in [1.82, 2.24) is 4.72 Å². The summed E-state index contributed by atoms with van der Waals surface area (Å²) in [7, 11) is -3.51. The van der Waals surface area contributed by atoms with E-state index in [2.05, 4.69) is 18.6 Å². The first kappa shape index (κ1) is 19.6. The second-order valence-electron chi connectivity index (χ2n) is 6.53. The third kappa shape index (κ3) is 5.66. The third-order valence-electron chi connectivity index (χ3n) is 4.39. The maximum Gasteiger partial charge on any atom is 0.240 e. The Morgan fingerprint density at radius 1 is 0.920 bits per heavy atom. The van der Waals surface area contributed by atoms with Gasteiger partial charge in [0.25, 0.3) is 0 Å². The highest BCUT2D eigenvalue weighted by molar-refractivity contribution is 7.89. The molecule has 0 aliphatic rings. The number of hydrogen-bond donors (Lipinski definition) is 2. The van der Waals surface area contributed by atoms with Crippen molar-refractivity contribution in [2.24, 2.45) is 0 Å². The lowest BCUT2D eigenvalue weighted by molar-refractivity contribution is 0.273. The van der Waals surface area contributed by atoms with E-state index in [0.717, 1.165) is 11.1 Å². The van der Waals surface area contributed by atoms with Gasteiger partial charge < -0.3 is 5.11 Å². The standard InChI is InChI=1S/C20H27NO3S/c1-16(2)17-8-10-20(11-9-17)25(23,24)21-14-12-19(13-15-22)18-6-4-3-5-7-18/h3-11,16,19,21-22H,12-15H2,1-2H3. The fraction of sp³-hybridized carbons (Fsp3) is 0.400. The molecule has 2 aromatic rings. The summed E-state index contributed by atoms with van der Waals surface area (Å²) in [6.07, 6.45) is 1.27. The van der Waals surface area contributed by atoms with Crippen molar-refractivity contribution >= 4 is 10.0 Å². The second kappa shape index (κ2) is 9.13. The van der Waals surface area contributed by atoms with Gasteiger partial charge in [-0.25, -0.2) is 13.1 Å². The van der Waals surface area contributed by atoms with Crippen molar-refractivity contribution in [2.75, 3.05) is 13.2 Å². The SMILES string of the molecule is CC(C)c1ccc(S(=O)(=O)NCCC(CCO)c2ccccc2)cc1. The molecule has 0 heterocycles. The molecule has 0 fully saturated rings. The van der Waals surface area contributed by atoms with E-state index in [0.29, 0.717) is 25.3 Å². The second-order valence-corrected chi connectivity index (χ2v) is 8.30. The number of hydrogen-bond acceptors (Lipinski definition) is 3. The van der Waals surface area contributed by atoms with Gasteiger partial charge in [0.05, 0.1) is 4.90 Å². The van der Waals surface area contributed by atoms with Crippen LogP contribution in [0.1, 0.15) is 49.7 Å². The Morgan fingerprint density at radius 3 is 2.12 bits per heavy atom. The molecule has 0 amide bonds. The first-order valence-electron chi connectivity index (χ1n) is 8.69. The Labute approximate surface area is 151 Å². The predicted octanol–water partition coefficient (Wildman–Crippen LogP) is 3.64. The van der Waals surface area contributed by atoms with Crippen LogP contribution in [0.5, 0.6) is 0 Å². The minimum atomic E-state index is -3.51. The van der Waals surface area contributed by atoms with Crippen molar-refractivity contribution < 1.29 is 13.5 Å². The van der Waals surface area contributed by atoms with E-state index in [-0.39, 0.29) is 17.4 Å². The van der Waals surface area contributed by atoms with Crippen LogP contribution in [0.25, 0.3) is 0 Å². The highest BCUT2D eigenvalue weighted by Crippen LogP contribution is 2.23. The Balaban J connectivity index is 1.98. The van der Waals surface area contributed by atoms with Crippen LogP contribution in [0.4, 0.5) is 0 Å². The fourth-order valence-electron chi connectivity index (χ4n) is 2.84. The molecule has 0 saturated heterocycles. The lowest BCUT2D eigenvalue weighted by Crippen LogP contribution is -2.26. The highest BCUT2D eigenvalue weighted by atomic mass is 32.2. The van der Waals surface area contributed by atoms with Gasteiger partial charge in [-0.05, 0) is 47.9 Å². The van der Waals surface area contributed by atoms with Crippen molar-refractivity contribution in [2.45, 2.75) is 43.4 Å². The Hall–Kier alpha value is -1.69. The zero-order valence-electron chi connectivity index (χ0n) is 14.9. The van der Waals surface area contributed by atoms with Gasteiger partial charge in [-0.1, -0.05) is 56.3 Å². The zero-order valence-corrected chi connectivity index (χ0v) is 15.7. The molecular weight excluding hydrogens is 334 g/mol. The number of aliphatic hydroxyl groups excluding tert-OH is 1. The molecule has 0 bridgehead atoms. The summed E-state index contributed by atoms with van der Waals surface area (Å²) >= 11 is 0. The smallest absolute Gasteiger partial charge is 0.240 e. The molecular formula is C20H27NO3S. The Bertz CT molecular complexity index is 740. The molecule has 0 saturated carbocycles. The maximum atomic E-state index is 12.4. The average molecular weight is 362 g/mol. The van der Waals surface area contributed by atoms with Gasteiger partial charge in [0.15, 0.2) is 0 Å². The normalized spacial score (nSPS) is 13.1. The van der Waals surface area contributed by atoms with Crippen LogP contribution in [-0.2, 0) is 10.0 Å². The summed E-state index contributed by atoms with van der Waals surface area (Å²) < 4.78 is 27.5. The largest absolute Gasteiger partial charge is 0.396 e. The summed E-state index contributed by atoms with van der Waals surface area (Å²) in [5, 5.41) is 9.27. The van der Waals surface area contributed by atoms with Gasteiger partial charge in [-0.3, -0.25) is 0 Å². The molecule has 0 aliphatic heterocycles. The van der Waals surface area contributed by atoms with Gasteiger partial charge in [-0.15, -0.1) is 0 Å². The first-order chi connectivity index (χ1) is 11.9. The quantitative estimate of drug-likeness (QED) is 0.716. The average Bonchev–Trinajstić information content (AvgIpc) is 2.61. The van der Waals surface area contributed by atoms with E-state index in [1.54, 1.807) is 12.1 Å². The molecule has 1 atom stereocenters. The Morgan fingerprint density at radius 2 is 1.56 bits per heavy atom. The summed E-state index contributed by atoms with van der Waals surface area (Å²) in [6, 6.07) is 16.9. The molecule has 2 rings (SSSR count). The third-order valence-corrected chi connectivity index (χ3v) is 5.87.